The van der Waals surface area contributed by atoms with Gasteiger partial charge in [0.05, 0.1) is 6.04 Å². The van der Waals surface area contributed by atoms with Crippen LogP contribution >= 0.6 is 0 Å². The minimum absolute atomic E-state index is 0.109. The molecule has 0 aromatic heterocycles. The number of likely N-dealkylation sites (tertiary alicyclic amines) is 1. The van der Waals surface area contributed by atoms with Crippen molar-refractivity contribution in [1.82, 2.24) is 10.2 Å². The van der Waals surface area contributed by atoms with Crippen LogP contribution in [0, 0.1) is 5.41 Å². The standard InChI is InChI=1S/C12H22N2O2/c1-5-13-11(16)14-8-6-7-9(14)10(15)12(2,3)4/h9H,5-8H2,1-4H3,(H,13,16). The van der Waals surface area contributed by atoms with E-state index in [2.05, 4.69) is 5.32 Å². The zero-order valence-electron chi connectivity index (χ0n) is 10.7. The van der Waals surface area contributed by atoms with E-state index in [0.717, 1.165) is 12.8 Å². The summed E-state index contributed by atoms with van der Waals surface area (Å²) in [6, 6.07) is -0.339. The van der Waals surface area contributed by atoms with Gasteiger partial charge in [0, 0.05) is 18.5 Å². The molecule has 0 spiro atoms. The van der Waals surface area contributed by atoms with Crippen LogP contribution in [-0.4, -0.2) is 35.8 Å². The summed E-state index contributed by atoms with van der Waals surface area (Å²) in [5, 5.41) is 2.76. The number of nitrogens with one attached hydrogen (secondary N) is 1. The number of rotatable bonds is 2. The Morgan fingerprint density at radius 2 is 2.00 bits per heavy atom. The van der Waals surface area contributed by atoms with Gasteiger partial charge in [-0.05, 0) is 19.8 Å². The predicted molar refractivity (Wildman–Crippen MR) is 63.3 cm³/mol. The summed E-state index contributed by atoms with van der Waals surface area (Å²) < 4.78 is 0. The van der Waals surface area contributed by atoms with E-state index in [4.69, 9.17) is 0 Å². The van der Waals surface area contributed by atoms with Gasteiger partial charge in [0.1, 0.15) is 0 Å². The van der Waals surface area contributed by atoms with Crippen molar-refractivity contribution in [2.75, 3.05) is 13.1 Å². The Morgan fingerprint density at radius 3 is 2.50 bits per heavy atom. The van der Waals surface area contributed by atoms with Crippen molar-refractivity contribution in [3.05, 3.63) is 0 Å². The Morgan fingerprint density at radius 1 is 1.38 bits per heavy atom. The molecule has 4 nitrogen and oxygen atoms in total. The minimum Gasteiger partial charge on any atom is -0.338 e. The molecule has 4 heteroatoms. The third kappa shape index (κ3) is 2.74. The van der Waals surface area contributed by atoms with Crippen LogP contribution in [0.25, 0.3) is 0 Å². The molecular weight excluding hydrogens is 204 g/mol. The number of hydrogen-bond acceptors (Lipinski definition) is 2. The summed E-state index contributed by atoms with van der Waals surface area (Å²) in [6.07, 6.45) is 1.72. The molecular formula is C12H22N2O2. The monoisotopic (exact) mass is 226 g/mol. The fourth-order valence-corrected chi connectivity index (χ4v) is 2.03. The number of urea groups is 1. The van der Waals surface area contributed by atoms with Gasteiger partial charge in [0.2, 0.25) is 0 Å². The average molecular weight is 226 g/mol. The molecule has 0 radical (unpaired) electrons. The highest BCUT2D eigenvalue weighted by Gasteiger charge is 2.38. The number of carbonyl (C=O) groups excluding carboxylic acids is 2. The molecule has 1 fully saturated rings. The van der Waals surface area contributed by atoms with Crippen LogP contribution in [-0.2, 0) is 4.79 Å². The molecule has 1 aliphatic rings. The van der Waals surface area contributed by atoms with Crippen molar-refractivity contribution in [3.63, 3.8) is 0 Å². The molecule has 92 valence electrons. The second-order valence-electron chi connectivity index (χ2n) is 5.30. The second-order valence-corrected chi connectivity index (χ2v) is 5.30. The summed E-state index contributed by atoms with van der Waals surface area (Å²) in [5.41, 5.74) is -0.375. The lowest BCUT2D eigenvalue weighted by atomic mass is 9.85. The topological polar surface area (TPSA) is 49.4 Å². The van der Waals surface area contributed by atoms with Crippen molar-refractivity contribution in [2.24, 2.45) is 5.41 Å². The largest absolute Gasteiger partial charge is 0.338 e. The molecule has 0 saturated carbocycles. The van der Waals surface area contributed by atoms with E-state index in [1.165, 1.54) is 0 Å². The number of amides is 2. The van der Waals surface area contributed by atoms with Crippen LogP contribution in [0.2, 0.25) is 0 Å². The Kier molecular flexibility index (Phi) is 3.94. The summed E-state index contributed by atoms with van der Waals surface area (Å²) >= 11 is 0. The minimum atomic E-state index is -0.375. The van der Waals surface area contributed by atoms with Crippen LogP contribution in [0.3, 0.4) is 0 Å². The molecule has 1 N–H and O–H groups in total. The van der Waals surface area contributed by atoms with Gasteiger partial charge in [0.15, 0.2) is 5.78 Å². The van der Waals surface area contributed by atoms with E-state index in [1.54, 1.807) is 4.90 Å². The quantitative estimate of drug-likeness (QED) is 0.780. The van der Waals surface area contributed by atoms with E-state index >= 15 is 0 Å². The van der Waals surface area contributed by atoms with E-state index in [1.807, 2.05) is 27.7 Å². The average Bonchev–Trinajstić information content (AvgIpc) is 2.63. The number of Topliss-reactive ketones (excluding diaryl/α,β-unsaturated/α-hetero) is 1. The van der Waals surface area contributed by atoms with Crippen LogP contribution in [0.1, 0.15) is 40.5 Å². The van der Waals surface area contributed by atoms with Crippen molar-refractivity contribution in [2.45, 2.75) is 46.6 Å². The van der Waals surface area contributed by atoms with Gasteiger partial charge in [-0.25, -0.2) is 4.79 Å². The van der Waals surface area contributed by atoms with Crippen molar-refractivity contribution >= 4 is 11.8 Å². The molecule has 1 heterocycles. The first-order valence-corrected chi connectivity index (χ1v) is 5.96. The first-order valence-electron chi connectivity index (χ1n) is 5.96. The van der Waals surface area contributed by atoms with Gasteiger partial charge in [-0.1, -0.05) is 20.8 Å². The molecule has 1 atom stereocenters. The van der Waals surface area contributed by atoms with Gasteiger partial charge >= 0.3 is 6.03 Å². The van der Waals surface area contributed by atoms with Gasteiger partial charge < -0.3 is 10.2 Å². The molecule has 16 heavy (non-hydrogen) atoms. The summed E-state index contributed by atoms with van der Waals surface area (Å²) in [4.78, 5) is 25.6. The maximum absolute atomic E-state index is 12.2. The third-order valence-electron chi connectivity index (χ3n) is 2.88. The number of nitrogens with zero attached hydrogens (tertiary/aromatic N) is 1. The third-order valence-corrected chi connectivity index (χ3v) is 2.88. The first kappa shape index (κ1) is 13.0. The van der Waals surface area contributed by atoms with E-state index < -0.39 is 0 Å². The fraction of sp³-hybridized carbons (Fsp3) is 0.833. The Hall–Kier alpha value is -1.06. The first-order chi connectivity index (χ1) is 7.38. The lowest BCUT2D eigenvalue weighted by Gasteiger charge is -2.28. The summed E-state index contributed by atoms with van der Waals surface area (Å²) in [6.45, 7) is 8.90. The highest BCUT2D eigenvalue weighted by atomic mass is 16.2. The molecule has 1 saturated heterocycles. The lowest BCUT2D eigenvalue weighted by Crippen LogP contribution is -2.48. The maximum atomic E-state index is 12.2. The highest BCUT2D eigenvalue weighted by Crippen LogP contribution is 2.26. The molecule has 1 rings (SSSR count). The molecule has 0 aliphatic carbocycles. The molecule has 2 amide bonds. The van der Waals surface area contributed by atoms with E-state index in [9.17, 15) is 9.59 Å². The van der Waals surface area contributed by atoms with Crippen molar-refractivity contribution < 1.29 is 9.59 Å². The van der Waals surface area contributed by atoms with Crippen molar-refractivity contribution in [1.29, 1.82) is 0 Å². The van der Waals surface area contributed by atoms with Gasteiger partial charge in [0.25, 0.3) is 0 Å². The predicted octanol–water partition coefficient (Wildman–Crippen LogP) is 1.80. The normalized spacial score (nSPS) is 21.0. The second kappa shape index (κ2) is 4.85. The smallest absolute Gasteiger partial charge is 0.318 e. The lowest BCUT2D eigenvalue weighted by molar-refractivity contribution is -0.130. The number of hydrogen-bond donors (Lipinski definition) is 1. The molecule has 0 aromatic carbocycles. The molecule has 1 unspecified atom stereocenters. The number of carbonyl (C=O) groups is 2. The molecule has 0 bridgehead atoms. The Labute approximate surface area is 97.4 Å². The van der Waals surface area contributed by atoms with Gasteiger partial charge in [-0.3, -0.25) is 4.79 Å². The Balaban J connectivity index is 2.73. The van der Waals surface area contributed by atoms with E-state index in [0.29, 0.717) is 13.1 Å². The SMILES string of the molecule is CCNC(=O)N1CCCC1C(=O)C(C)(C)C. The fourth-order valence-electron chi connectivity index (χ4n) is 2.03. The van der Waals surface area contributed by atoms with Crippen LogP contribution in [0.15, 0.2) is 0 Å². The maximum Gasteiger partial charge on any atom is 0.318 e. The zero-order valence-corrected chi connectivity index (χ0v) is 10.7. The number of ketones is 1. The van der Waals surface area contributed by atoms with Crippen LogP contribution < -0.4 is 5.32 Å². The Bertz CT molecular complexity index is 281. The van der Waals surface area contributed by atoms with Gasteiger partial charge in [-0.2, -0.15) is 0 Å². The van der Waals surface area contributed by atoms with Gasteiger partial charge in [-0.15, -0.1) is 0 Å². The van der Waals surface area contributed by atoms with E-state index in [-0.39, 0.29) is 23.3 Å². The summed E-state index contributed by atoms with van der Waals surface area (Å²) in [5.74, 6) is 0.163. The van der Waals surface area contributed by atoms with Crippen LogP contribution in [0.4, 0.5) is 4.79 Å². The zero-order chi connectivity index (χ0) is 12.3. The summed E-state index contributed by atoms with van der Waals surface area (Å²) in [7, 11) is 0. The molecule has 0 aromatic rings. The highest BCUT2D eigenvalue weighted by molar-refractivity contribution is 5.92. The molecule has 1 aliphatic heterocycles. The van der Waals surface area contributed by atoms with Crippen molar-refractivity contribution in [3.8, 4) is 0 Å². The van der Waals surface area contributed by atoms with Crippen LogP contribution in [0.5, 0.6) is 0 Å².